The van der Waals surface area contributed by atoms with Crippen molar-refractivity contribution in [1.29, 1.82) is 0 Å². The van der Waals surface area contributed by atoms with Crippen LogP contribution in [0.5, 0.6) is 0 Å². The first kappa shape index (κ1) is 15.2. The van der Waals surface area contributed by atoms with Crippen LogP contribution in [0.4, 0.5) is 5.69 Å². The highest BCUT2D eigenvalue weighted by Crippen LogP contribution is 2.24. The molecule has 2 aromatic rings. The number of hydrogen-bond donors (Lipinski definition) is 3. The molecule has 1 saturated heterocycles. The molecule has 5 heteroatoms. The predicted molar refractivity (Wildman–Crippen MR) is 92.6 cm³/mol. The van der Waals surface area contributed by atoms with Crippen molar-refractivity contribution >= 4 is 16.6 Å². The Hall–Kier alpha value is -1.69. The lowest BCUT2D eigenvalue weighted by Crippen LogP contribution is -2.41. The number of benzene rings is 1. The van der Waals surface area contributed by atoms with Gasteiger partial charge in [0.15, 0.2) is 0 Å². The normalized spacial score (nSPS) is 18.6. The standard InChI is InChI=1S/C17H25N5/c1-2-4-16-15(3-1)17(5-6-21-16)22-13-11-19-9-7-18-8-10-20-12-14-22/h1-6,18-20H,7-14H2. The highest BCUT2D eigenvalue weighted by Gasteiger charge is 2.10. The lowest BCUT2D eigenvalue weighted by atomic mass is 10.1. The topological polar surface area (TPSA) is 52.2 Å². The minimum absolute atomic E-state index is 0.998. The number of fused-ring (bicyclic) bond motifs is 1. The van der Waals surface area contributed by atoms with Crippen molar-refractivity contribution in [2.75, 3.05) is 57.3 Å². The summed E-state index contributed by atoms with van der Waals surface area (Å²) in [5.41, 5.74) is 2.35. The summed E-state index contributed by atoms with van der Waals surface area (Å²) in [5.74, 6) is 0. The van der Waals surface area contributed by atoms with E-state index in [9.17, 15) is 0 Å². The Morgan fingerprint density at radius 3 is 2.14 bits per heavy atom. The molecule has 2 heterocycles. The van der Waals surface area contributed by atoms with Crippen LogP contribution in [0, 0.1) is 0 Å². The SMILES string of the molecule is c1ccc2c(N3CCNCCNCCNCC3)ccnc2c1. The number of rotatable bonds is 1. The number of nitrogens with zero attached hydrogens (tertiary/aromatic N) is 2. The van der Waals surface area contributed by atoms with Crippen LogP contribution in [-0.2, 0) is 0 Å². The first-order chi connectivity index (χ1) is 10.9. The van der Waals surface area contributed by atoms with E-state index in [0.717, 1.165) is 57.9 Å². The summed E-state index contributed by atoms with van der Waals surface area (Å²) < 4.78 is 0. The molecule has 3 N–H and O–H groups in total. The molecule has 0 spiro atoms. The molecule has 0 aliphatic carbocycles. The van der Waals surface area contributed by atoms with E-state index in [1.807, 2.05) is 12.3 Å². The molecule has 1 fully saturated rings. The van der Waals surface area contributed by atoms with Crippen LogP contribution >= 0.6 is 0 Å². The van der Waals surface area contributed by atoms with E-state index in [2.05, 4.69) is 50.1 Å². The van der Waals surface area contributed by atoms with E-state index < -0.39 is 0 Å². The maximum Gasteiger partial charge on any atom is 0.0722 e. The summed E-state index contributed by atoms with van der Waals surface area (Å²) in [7, 11) is 0. The largest absolute Gasteiger partial charge is 0.368 e. The van der Waals surface area contributed by atoms with Crippen LogP contribution in [-0.4, -0.2) is 57.3 Å². The van der Waals surface area contributed by atoms with E-state index in [4.69, 9.17) is 0 Å². The quantitative estimate of drug-likeness (QED) is 0.728. The van der Waals surface area contributed by atoms with Crippen molar-refractivity contribution in [3.8, 4) is 0 Å². The number of anilines is 1. The van der Waals surface area contributed by atoms with E-state index in [0.29, 0.717) is 0 Å². The second kappa shape index (κ2) is 8.08. The van der Waals surface area contributed by atoms with Gasteiger partial charge >= 0.3 is 0 Å². The van der Waals surface area contributed by atoms with Crippen molar-refractivity contribution in [3.63, 3.8) is 0 Å². The molecule has 0 amide bonds. The fourth-order valence-corrected chi connectivity index (χ4v) is 2.87. The van der Waals surface area contributed by atoms with Crippen molar-refractivity contribution in [1.82, 2.24) is 20.9 Å². The number of pyridine rings is 1. The molecule has 0 atom stereocenters. The molecule has 1 aliphatic heterocycles. The Bertz CT molecular complexity index is 569. The van der Waals surface area contributed by atoms with Gasteiger partial charge in [-0.05, 0) is 12.1 Å². The van der Waals surface area contributed by atoms with Crippen LogP contribution < -0.4 is 20.9 Å². The molecule has 1 aliphatic rings. The molecule has 0 bridgehead atoms. The maximum absolute atomic E-state index is 4.47. The lowest BCUT2D eigenvalue weighted by Gasteiger charge is -2.27. The molecule has 3 rings (SSSR count). The summed E-state index contributed by atoms with van der Waals surface area (Å²) >= 11 is 0. The minimum Gasteiger partial charge on any atom is -0.368 e. The van der Waals surface area contributed by atoms with E-state index in [-0.39, 0.29) is 0 Å². The average molecular weight is 299 g/mol. The van der Waals surface area contributed by atoms with E-state index >= 15 is 0 Å². The third kappa shape index (κ3) is 3.94. The Morgan fingerprint density at radius 1 is 0.773 bits per heavy atom. The van der Waals surface area contributed by atoms with Gasteiger partial charge in [-0.3, -0.25) is 4.98 Å². The molecular weight excluding hydrogens is 274 g/mol. The monoisotopic (exact) mass is 299 g/mol. The number of aromatic nitrogens is 1. The third-order valence-corrected chi connectivity index (χ3v) is 4.04. The van der Waals surface area contributed by atoms with Crippen molar-refractivity contribution in [3.05, 3.63) is 36.5 Å². The predicted octanol–water partition coefficient (Wildman–Crippen LogP) is 0.824. The lowest BCUT2D eigenvalue weighted by molar-refractivity contribution is 0.558. The van der Waals surface area contributed by atoms with Gasteiger partial charge in [0.2, 0.25) is 0 Å². The smallest absolute Gasteiger partial charge is 0.0722 e. The van der Waals surface area contributed by atoms with E-state index in [1.54, 1.807) is 0 Å². The third-order valence-electron chi connectivity index (χ3n) is 4.04. The zero-order valence-corrected chi connectivity index (χ0v) is 13.0. The van der Waals surface area contributed by atoms with Gasteiger partial charge in [0.05, 0.1) is 5.52 Å². The Morgan fingerprint density at radius 2 is 1.41 bits per heavy atom. The van der Waals surface area contributed by atoms with Crippen LogP contribution in [0.15, 0.2) is 36.5 Å². The van der Waals surface area contributed by atoms with Gasteiger partial charge in [0, 0.05) is 69.6 Å². The van der Waals surface area contributed by atoms with Crippen molar-refractivity contribution in [2.45, 2.75) is 0 Å². The van der Waals surface area contributed by atoms with Gasteiger partial charge in [0.25, 0.3) is 0 Å². The number of para-hydroxylation sites is 1. The zero-order valence-electron chi connectivity index (χ0n) is 13.0. The summed E-state index contributed by atoms with van der Waals surface area (Å²) in [6.07, 6.45) is 1.92. The molecule has 0 radical (unpaired) electrons. The highest BCUT2D eigenvalue weighted by molar-refractivity contribution is 5.91. The van der Waals surface area contributed by atoms with Crippen molar-refractivity contribution < 1.29 is 0 Å². The second-order valence-electron chi connectivity index (χ2n) is 5.58. The van der Waals surface area contributed by atoms with Crippen LogP contribution in [0.25, 0.3) is 10.9 Å². The first-order valence-electron chi connectivity index (χ1n) is 8.16. The van der Waals surface area contributed by atoms with E-state index in [1.165, 1.54) is 11.1 Å². The van der Waals surface area contributed by atoms with Crippen LogP contribution in [0.1, 0.15) is 0 Å². The maximum atomic E-state index is 4.47. The van der Waals surface area contributed by atoms with Crippen molar-refractivity contribution in [2.24, 2.45) is 0 Å². The average Bonchev–Trinajstić information content (AvgIpc) is 2.55. The van der Waals surface area contributed by atoms with Gasteiger partial charge in [-0.1, -0.05) is 18.2 Å². The zero-order chi connectivity index (χ0) is 15.0. The van der Waals surface area contributed by atoms with Gasteiger partial charge in [-0.2, -0.15) is 0 Å². The Labute approximate surface area is 132 Å². The molecule has 118 valence electrons. The summed E-state index contributed by atoms with van der Waals surface area (Å²) in [6.45, 7) is 8.11. The first-order valence-corrected chi connectivity index (χ1v) is 8.16. The van der Waals surface area contributed by atoms with Gasteiger partial charge in [-0.15, -0.1) is 0 Å². The fraction of sp³-hybridized carbons (Fsp3) is 0.471. The Balaban J connectivity index is 1.78. The Kier molecular flexibility index (Phi) is 5.59. The van der Waals surface area contributed by atoms with Gasteiger partial charge in [-0.25, -0.2) is 0 Å². The minimum atomic E-state index is 0.998. The second-order valence-corrected chi connectivity index (χ2v) is 5.58. The molecule has 22 heavy (non-hydrogen) atoms. The summed E-state index contributed by atoms with van der Waals surface area (Å²) in [4.78, 5) is 6.93. The fourth-order valence-electron chi connectivity index (χ4n) is 2.87. The highest BCUT2D eigenvalue weighted by atomic mass is 15.2. The molecule has 1 aromatic heterocycles. The molecule has 0 saturated carbocycles. The number of nitrogens with one attached hydrogen (secondary N) is 3. The summed E-state index contributed by atoms with van der Waals surface area (Å²) in [6, 6.07) is 10.5. The molecule has 5 nitrogen and oxygen atoms in total. The van der Waals surface area contributed by atoms with Gasteiger partial charge < -0.3 is 20.9 Å². The molecular formula is C17H25N5. The van der Waals surface area contributed by atoms with Gasteiger partial charge in [0.1, 0.15) is 0 Å². The summed E-state index contributed by atoms with van der Waals surface area (Å²) in [5, 5.41) is 11.7. The van der Waals surface area contributed by atoms with Crippen LogP contribution in [0.2, 0.25) is 0 Å². The molecule has 0 unspecified atom stereocenters. The molecule has 1 aromatic carbocycles. The number of hydrogen-bond acceptors (Lipinski definition) is 5. The van der Waals surface area contributed by atoms with Crippen LogP contribution in [0.3, 0.4) is 0 Å².